The van der Waals surface area contributed by atoms with E-state index in [1.807, 2.05) is 6.08 Å². The van der Waals surface area contributed by atoms with E-state index < -0.39 is 0 Å². The fraction of sp³-hybridized carbons (Fsp3) is 0.370. The SMILES string of the molecule is C=Cc1cccc(/C=C/C2=N/C(Nc3cc(C4CC4)[nH]n3)=N\C(N3CCCC3)=C\CC2C)c1. The van der Waals surface area contributed by atoms with E-state index in [1.54, 1.807) is 0 Å². The number of hydrogen-bond acceptors (Lipinski definition) is 5. The Morgan fingerprint density at radius 1 is 1.09 bits per heavy atom. The number of H-pyrrole nitrogens is 1. The van der Waals surface area contributed by atoms with Crippen LogP contribution < -0.4 is 5.32 Å². The first-order chi connectivity index (χ1) is 16.2. The summed E-state index contributed by atoms with van der Waals surface area (Å²) in [4.78, 5) is 12.3. The summed E-state index contributed by atoms with van der Waals surface area (Å²) < 4.78 is 0. The Kier molecular flexibility index (Phi) is 6.24. The van der Waals surface area contributed by atoms with E-state index in [1.165, 1.54) is 31.4 Å². The molecule has 2 N–H and O–H groups in total. The second kappa shape index (κ2) is 9.61. The van der Waals surface area contributed by atoms with Crippen LogP contribution >= 0.6 is 0 Å². The molecule has 1 saturated heterocycles. The van der Waals surface area contributed by atoms with E-state index >= 15 is 0 Å². The first kappa shape index (κ1) is 21.4. The molecule has 170 valence electrons. The number of allylic oxidation sites excluding steroid dienone is 2. The van der Waals surface area contributed by atoms with Gasteiger partial charge in [0.25, 0.3) is 0 Å². The van der Waals surface area contributed by atoms with Crippen molar-refractivity contribution in [1.29, 1.82) is 0 Å². The van der Waals surface area contributed by atoms with Crippen LogP contribution in [0.2, 0.25) is 0 Å². The van der Waals surface area contributed by atoms with Crippen molar-refractivity contribution in [1.82, 2.24) is 15.1 Å². The molecular weight excluding hydrogens is 408 g/mol. The maximum atomic E-state index is 4.99. The average molecular weight is 441 g/mol. The number of nitrogens with one attached hydrogen (secondary N) is 2. The van der Waals surface area contributed by atoms with Crippen LogP contribution in [0.5, 0.6) is 0 Å². The minimum Gasteiger partial charge on any atom is -0.357 e. The number of likely N-dealkylation sites (tertiary alicyclic amines) is 1. The molecule has 33 heavy (non-hydrogen) atoms. The lowest BCUT2D eigenvalue weighted by Gasteiger charge is -2.21. The maximum Gasteiger partial charge on any atom is 0.230 e. The zero-order chi connectivity index (χ0) is 22.6. The van der Waals surface area contributed by atoms with Crippen molar-refractivity contribution in [3.8, 4) is 0 Å². The minimum absolute atomic E-state index is 0.273. The molecule has 6 nitrogen and oxygen atoms in total. The van der Waals surface area contributed by atoms with E-state index in [0.717, 1.165) is 48.0 Å². The molecule has 1 aliphatic carbocycles. The molecule has 1 atom stereocenters. The fourth-order valence-electron chi connectivity index (χ4n) is 4.31. The highest BCUT2D eigenvalue weighted by Crippen LogP contribution is 2.39. The number of nitrogens with zero attached hydrogens (tertiary/aromatic N) is 4. The van der Waals surface area contributed by atoms with Crippen LogP contribution in [0, 0.1) is 5.92 Å². The molecule has 5 rings (SSSR count). The third-order valence-corrected chi connectivity index (χ3v) is 6.49. The van der Waals surface area contributed by atoms with Crippen molar-refractivity contribution in [3.63, 3.8) is 0 Å². The minimum atomic E-state index is 0.273. The van der Waals surface area contributed by atoms with E-state index in [-0.39, 0.29) is 5.92 Å². The van der Waals surface area contributed by atoms with Gasteiger partial charge in [-0.25, -0.2) is 4.99 Å². The molecule has 0 bridgehead atoms. The number of guanidine groups is 1. The number of benzene rings is 1. The molecule has 1 unspecified atom stereocenters. The normalized spacial score (nSPS) is 26.0. The molecule has 1 saturated carbocycles. The predicted molar refractivity (Wildman–Crippen MR) is 137 cm³/mol. The first-order valence-corrected chi connectivity index (χ1v) is 12.0. The highest BCUT2D eigenvalue weighted by Gasteiger charge is 2.26. The molecule has 0 amide bonds. The molecular formula is C27H32N6. The first-order valence-electron chi connectivity index (χ1n) is 12.0. The van der Waals surface area contributed by atoms with Gasteiger partial charge < -0.3 is 10.2 Å². The predicted octanol–water partition coefficient (Wildman–Crippen LogP) is 5.83. The number of aromatic amines is 1. The van der Waals surface area contributed by atoms with Gasteiger partial charge in [0, 0.05) is 42.4 Å². The zero-order valence-corrected chi connectivity index (χ0v) is 19.3. The highest BCUT2D eigenvalue weighted by atomic mass is 15.3. The Morgan fingerprint density at radius 2 is 1.91 bits per heavy atom. The van der Waals surface area contributed by atoms with E-state index in [0.29, 0.717) is 11.9 Å². The van der Waals surface area contributed by atoms with Crippen LogP contribution in [0.25, 0.3) is 12.2 Å². The van der Waals surface area contributed by atoms with Crippen LogP contribution in [0.1, 0.15) is 61.8 Å². The van der Waals surface area contributed by atoms with Crippen LogP contribution in [-0.2, 0) is 0 Å². The Bertz CT molecular complexity index is 1120. The van der Waals surface area contributed by atoms with Crippen molar-refractivity contribution >= 4 is 29.6 Å². The summed E-state index contributed by atoms with van der Waals surface area (Å²) in [5.74, 6) is 3.28. The Hall–Kier alpha value is -3.41. The molecule has 0 spiro atoms. The number of aromatic nitrogens is 2. The zero-order valence-electron chi connectivity index (χ0n) is 19.3. The number of rotatable bonds is 6. The lowest BCUT2D eigenvalue weighted by Crippen LogP contribution is -2.23. The molecule has 3 heterocycles. The van der Waals surface area contributed by atoms with E-state index in [2.05, 4.69) is 82.5 Å². The molecule has 1 aromatic carbocycles. The molecule has 0 radical (unpaired) electrons. The summed E-state index contributed by atoms with van der Waals surface area (Å²) in [5.41, 5.74) is 4.43. The van der Waals surface area contributed by atoms with Gasteiger partial charge in [-0.05, 0) is 61.4 Å². The Labute approximate surface area is 195 Å². The fourth-order valence-corrected chi connectivity index (χ4v) is 4.31. The molecule has 3 aliphatic rings. The van der Waals surface area contributed by atoms with Crippen molar-refractivity contribution in [2.24, 2.45) is 15.9 Å². The van der Waals surface area contributed by atoms with Gasteiger partial charge in [0.1, 0.15) is 5.82 Å². The second-order valence-corrected chi connectivity index (χ2v) is 9.18. The highest BCUT2D eigenvalue weighted by molar-refractivity contribution is 6.09. The summed E-state index contributed by atoms with van der Waals surface area (Å²) in [6.07, 6.45) is 14.2. The van der Waals surface area contributed by atoms with E-state index in [9.17, 15) is 0 Å². The molecule has 2 aromatic rings. The standard InChI is InChI=1S/C27H32N6/c1-3-20-7-6-8-21(17-20)10-13-23-19(2)9-14-26(33-15-4-5-16-33)30-27(28-23)29-25-18-24(31-32-25)22-11-12-22/h3,6-8,10,13-14,17-19,22H,1,4-5,9,11-12,15-16H2,2H3,(H2,29,30,31,32)/b13-10+,26-14-,28-23-. The summed E-state index contributed by atoms with van der Waals surface area (Å²) in [5, 5.41) is 11.0. The van der Waals surface area contributed by atoms with Gasteiger partial charge in [-0.3, -0.25) is 5.10 Å². The van der Waals surface area contributed by atoms with E-state index in [4.69, 9.17) is 9.98 Å². The Balaban J connectivity index is 1.44. The summed E-state index contributed by atoms with van der Waals surface area (Å²) in [7, 11) is 0. The Morgan fingerprint density at radius 3 is 2.70 bits per heavy atom. The van der Waals surface area contributed by atoms with Gasteiger partial charge >= 0.3 is 0 Å². The number of aliphatic imine (C=N–C) groups is 2. The molecule has 6 heteroatoms. The van der Waals surface area contributed by atoms with Crippen LogP contribution in [0.4, 0.5) is 5.82 Å². The average Bonchev–Trinajstić information content (AvgIpc) is 3.32. The third-order valence-electron chi connectivity index (χ3n) is 6.49. The quantitative estimate of drug-likeness (QED) is 0.594. The third kappa shape index (κ3) is 5.33. The van der Waals surface area contributed by atoms with Gasteiger partial charge in [-0.2, -0.15) is 10.1 Å². The maximum absolute atomic E-state index is 4.99. The monoisotopic (exact) mass is 440 g/mol. The van der Waals surface area contributed by atoms with Gasteiger partial charge in [-0.1, -0.05) is 43.9 Å². The topological polar surface area (TPSA) is 68.7 Å². The van der Waals surface area contributed by atoms with Gasteiger partial charge in [0.2, 0.25) is 5.96 Å². The van der Waals surface area contributed by atoms with Crippen molar-refractivity contribution in [2.45, 2.75) is 44.9 Å². The molecule has 1 aromatic heterocycles. The van der Waals surface area contributed by atoms with Crippen molar-refractivity contribution < 1.29 is 0 Å². The van der Waals surface area contributed by atoms with Crippen molar-refractivity contribution in [2.75, 3.05) is 18.4 Å². The number of hydrogen-bond donors (Lipinski definition) is 2. The van der Waals surface area contributed by atoms with Crippen LogP contribution in [-0.4, -0.2) is 39.9 Å². The summed E-state index contributed by atoms with van der Waals surface area (Å²) in [6.45, 7) is 8.21. The summed E-state index contributed by atoms with van der Waals surface area (Å²) >= 11 is 0. The largest absolute Gasteiger partial charge is 0.357 e. The van der Waals surface area contributed by atoms with Crippen LogP contribution in [0.15, 0.2) is 64.9 Å². The van der Waals surface area contributed by atoms with Crippen LogP contribution in [0.3, 0.4) is 0 Å². The van der Waals surface area contributed by atoms with Gasteiger partial charge in [-0.15, -0.1) is 0 Å². The second-order valence-electron chi connectivity index (χ2n) is 9.18. The van der Waals surface area contributed by atoms with Gasteiger partial charge in [0.15, 0.2) is 5.82 Å². The smallest absolute Gasteiger partial charge is 0.230 e. The number of anilines is 1. The lowest BCUT2D eigenvalue weighted by molar-refractivity contribution is 0.419. The molecule has 2 fully saturated rings. The molecule has 2 aliphatic heterocycles. The lowest BCUT2D eigenvalue weighted by atomic mass is 9.99. The van der Waals surface area contributed by atoms with Gasteiger partial charge in [0.05, 0.1) is 0 Å². The summed E-state index contributed by atoms with van der Waals surface area (Å²) in [6, 6.07) is 10.4. The van der Waals surface area contributed by atoms with Crippen molar-refractivity contribution in [3.05, 3.63) is 71.7 Å².